The van der Waals surface area contributed by atoms with Crippen LogP contribution in [0.4, 0.5) is 0 Å². The highest BCUT2D eigenvalue weighted by Gasteiger charge is 2.09. The molecular weight excluding hydrogens is 230 g/mol. The second kappa shape index (κ2) is 7.95. The Bertz CT molecular complexity index is 355. The number of benzene rings is 1. The van der Waals surface area contributed by atoms with Gasteiger partial charge in [0.2, 0.25) is 0 Å². The van der Waals surface area contributed by atoms with Crippen LogP contribution in [0, 0.1) is 0 Å². The quantitative estimate of drug-likeness (QED) is 0.722. The fraction of sp³-hybridized carbons (Fsp3) is 0.571. The lowest BCUT2D eigenvalue weighted by molar-refractivity contribution is 0.120. The average Bonchev–Trinajstić information content (AvgIpc) is 2.35. The average molecular weight is 253 g/mol. The summed E-state index contributed by atoms with van der Waals surface area (Å²) >= 11 is 0. The second-order valence-electron chi connectivity index (χ2n) is 4.13. The number of phenols is 1. The van der Waals surface area contributed by atoms with Crippen LogP contribution < -0.4 is 4.74 Å². The van der Waals surface area contributed by atoms with Crippen molar-refractivity contribution in [2.45, 2.75) is 20.4 Å². The van der Waals surface area contributed by atoms with Crippen molar-refractivity contribution in [3.63, 3.8) is 0 Å². The van der Waals surface area contributed by atoms with Gasteiger partial charge in [0, 0.05) is 25.3 Å². The van der Waals surface area contributed by atoms with Crippen LogP contribution >= 0.6 is 0 Å². The van der Waals surface area contributed by atoms with Crippen LogP contribution in [0.1, 0.15) is 19.4 Å². The molecule has 0 aliphatic heterocycles. The van der Waals surface area contributed by atoms with Crippen LogP contribution in [0.3, 0.4) is 0 Å². The zero-order valence-electron chi connectivity index (χ0n) is 11.5. The van der Waals surface area contributed by atoms with E-state index in [-0.39, 0.29) is 5.75 Å². The second-order valence-corrected chi connectivity index (χ2v) is 4.13. The van der Waals surface area contributed by atoms with Gasteiger partial charge in [0.15, 0.2) is 11.5 Å². The van der Waals surface area contributed by atoms with Gasteiger partial charge in [-0.2, -0.15) is 0 Å². The molecule has 1 aromatic rings. The highest BCUT2D eigenvalue weighted by molar-refractivity contribution is 5.45. The molecule has 0 amide bonds. The Kier molecular flexibility index (Phi) is 6.54. The molecule has 1 N–H and O–H groups in total. The first-order valence-electron chi connectivity index (χ1n) is 6.39. The third-order valence-electron chi connectivity index (χ3n) is 2.64. The number of aromatic hydroxyl groups is 1. The van der Waals surface area contributed by atoms with Gasteiger partial charge in [-0.15, -0.1) is 0 Å². The van der Waals surface area contributed by atoms with Gasteiger partial charge < -0.3 is 14.6 Å². The zero-order chi connectivity index (χ0) is 13.4. The van der Waals surface area contributed by atoms with Crippen molar-refractivity contribution >= 4 is 0 Å². The monoisotopic (exact) mass is 253 g/mol. The lowest BCUT2D eigenvalue weighted by Crippen LogP contribution is -2.22. The number of ether oxygens (including phenoxy) is 2. The summed E-state index contributed by atoms with van der Waals surface area (Å²) in [5.41, 5.74) is 0.875. The Labute approximate surface area is 109 Å². The van der Waals surface area contributed by atoms with Crippen molar-refractivity contribution in [2.24, 2.45) is 0 Å². The van der Waals surface area contributed by atoms with Crippen LogP contribution in [-0.4, -0.2) is 43.4 Å². The highest BCUT2D eigenvalue weighted by atomic mass is 16.5. The summed E-state index contributed by atoms with van der Waals surface area (Å²) in [7, 11) is 2.01. The molecule has 4 heteroatoms. The van der Waals surface area contributed by atoms with Crippen LogP contribution in [0.5, 0.6) is 11.5 Å². The Balaban J connectivity index is 2.58. The molecule has 0 aromatic heterocycles. The molecule has 0 saturated carbocycles. The first-order chi connectivity index (χ1) is 8.69. The van der Waals surface area contributed by atoms with Gasteiger partial charge in [-0.25, -0.2) is 0 Å². The molecule has 18 heavy (non-hydrogen) atoms. The van der Waals surface area contributed by atoms with Gasteiger partial charge in [0.1, 0.15) is 0 Å². The molecule has 1 aromatic carbocycles. The van der Waals surface area contributed by atoms with E-state index >= 15 is 0 Å². The summed E-state index contributed by atoms with van der Waals surface area (Å²) in [6.45, 7) is 7.40. The lowest BCUT2D eigenvalue weighted by atomic mass is 10.1. The number of likely N-dealkylation sites (N-methyl/N-ethyl adjacent to an activating group) is 1. The first-order valence-corrected chi connectivity index (χ1v) is 6.39. The summed E-state index contributed by atoms with van der Waals surface area (Å²) in [6, 6.07) is 5.59. The third kappa shape index (κ3) is 4.55. The molecule has 0 aliphatic carbocycles. The predicted molar refractivity (Wildman–Crippen MR) is 72.1 cm³/mol. The van der Waals surface area contributed by atoms with Crippen molar-refractivity contribution in [1.82, 2.24) is 4.90 Å². The summed E-state index contributed by atoms with van der Waals surface area (Å²) in [4.78, 5) is 2.11. The number of hydrogen-bond acceptors (Lipinski definition) is 4. The Morgan fingerprint density at radius 1 is 1.22 bits per heavy atom. The summed E-state index contributed by atoms with van der Waals surface area (Å²) < 4.78 is 10.7. The molecule has 1 rings (SSSR count). The van der Waals surface area contributed by atoms with Gasteiger partial charge in [-0.1, -0.05) is 12.1 Å². The first kappa shape index (κ1) is 14.8. The minimum Gasteiger partial charge on any atom is -0.504 e. The van der Waals surface area contributed by atoms with Crippen molar-refractivity contribution in [3.8, 4) is 11.5 Å². The molecule has 0 bridgehead atoms. The number of phenolic OH excluding ortho intramolecular Hbond substituents is 1. The third-order valence-corrected chi connectivity index (χ3v) is 2.64. The molecule has 0 saturated heterocycles. The van der Waals surface area contributed by atoms with Crippen LogP contribution in [0.2, 0.25) is 0 Å². The zero-order valence-corrected chi connectivity index (χ0v) is 11.5. The van der Waals surface area contributed by atoms with E-state index in [4.69, 9.17) is 9.47 Å². The Hall–Kier alpha value is -1.26. The number of rotatable bonds is 8. The largest absolute Gasteiger partial charge is 0.504 e. The molecule has 0 aliphatic rings. The SMILES string of the molecule is CCOCCN(C)Cc1cccc(OCC)c1O. The van der Waals surface area contributed by atoms with Crippen LogP contribution in [0.25, 0.3) is 0 Å². The number of hydrogen-bond donors (Lipinski definition) is 1. The van der Waals surface area contributed by atoms with E-state index in [1.807, 2.05) is 33.0 Å². The van der Waals surface area contributed by atoms with Crippen molar-refractivity contribution in [1.29, 1.82) is 0 Å². The fourth-order valence-corrected chi connectivity index (χ4v) is 1.70. The minimum atomic E-state index is 0.239. The van der Waals surface area contributed by atoms with E-state index in [2.05, 4.69) is 4.90 Å². The predicted octanol–water partition coefficient (Wildman–Crippen LogP) is 2.26. The Morgan fingerprint density at radius 2 is 2.00 bits per heavy atom. The molecule has 0 radical (unpaired) electrons. The van der Waals surface area contributed by atoms with E-state index in [1.165, 1.54) is 0 Å². The topological polar surface area (TPSA) is 41.9 Å². The molecule has 0 atom stereocenters. The van der Waals surface area contributed by atoms with E-state index in [9.17, 15) is 5.11 Å². The maximum Gasteiger partial charge on any atom is 0.162 e. The molecular formula is C14H23NO3. The Morgan fingerprint density at radius 3 is 2.67 bits per heavy atom. The minimum absolute atomic E-state index is 0.239. The fourth-order valence-electron chi connectivity index (χ4n) is 1.70. The summed E-state index contributed by atoms with van der Waals surface area (Å²) in [5.74, 6) is 0.788. The molecule has 0 spiro atoms. The van der Waals surface area contributed by atoms with Gasteiger partial charge in [0.25, 0.3) is 0 Å². The standard InChI is InChI=1S/C14H23NO3/c1-4-17-10-9-15(3)11-12-7-6-8-13(14(12)16)18-5-2/h6-8,16H,4-5,9-11H2,1-3H3. The number of para-hydroxylation sites is 1. The van der Waals surface area contributed by atoms with Gasteiger partial charge in [-0.3, -0.25) is 4.90 Å². The molecule has 0 fully saturated rings. The van der Waals surface area contributed by atoms with E-state index < -0.39 is 0 Å². The smallest absolute Gasteiger partial charge is 0.162 e. The maximum absolute atomic E-state index is 10.1. The van der Waals surface area contributed by atoms with Crippen LogP contribution in [-0.2, 0) is 11.3 Å². The van der Waals surface area contributed by atoms with Gasteiger partial charge >= 0.3 is 0 Å². The normalized spacial score (nSPS) is 10.9. The van der Waals surface area contributed by atoms with Crippen molar-refractivity contribution < 1.29 is 14.6 Å². The molecule has 4 nitrogen and oxygen atoms in total. The van der Waals surface area contributed by atoms with Crippen LogP contribution in [0.15, 0.2) is 18.2 Å². The molecule has 102 valence electrons. The van der Waals surface area contributed by atoms with Gasteiger partial charge in [0.05, 0.1) is 13.2 Å². The van der Waals surface area contributed by atoms with Crippen molar-refractivity contribution in [2.75, 3.05) is 33.4 Å². The maximum atomic E-state index is 10.1. The summed E-state index contributed by atoms with van der Waals surface area (Å²) in [5, 5.41) is 10.1. The van der Waals surface area contributed by atoms with Gasteiger partial charge in [-0.05, 0) is 27.0 Å². The van der Waals surface area contributed by atoms with E-state index in [1.54, 1.807) is 6.07 Å². The lowest BCUT2D eigenvalue weighted by Gasteiger charge is -2.18. The van der Waals surface area contributed by atoms with Crippen molar-refractivity contribution in [3.05, 3.63) is 23.8 Å². The van der Waals surface area contributed by atoms with E-state index in [0.717, 1.165) is 18.7 Å². The number of nitrogens with zero attached hydrogens (tertiary/aromatic N) is 1. The molecule has 0 unspecified atom stereocenters. The van der Waals surface area contributed by atoms with E-state index in [0.29, 0.717) is 25.5 Å². The molecule has 0 heterocycles. The highest BCUT2D eigenvalue weighted by Crippen LogP contribution is 2.30. The summed E-state index contributed by atoms with van der Waals surface area (Å²) in [6.07, 6.45) is 0.